The first kappa shape index (κ1) is 18.4. The number of benzene rings is 1. The molecule has 108 valence electrons. The first-order valence-corrected chi connectivity index (χ1v) is 7.62. The van der Waals surface area contributed by atoms with Crippen LogP contribution in [0, 0.1) is 23.3 Å². The minimum atomic E-state index is -3.72. The van der Waals surface area contributed by atoms with Crippen molar-refractivity contribution in [1.29, 1.82) is 0 Å². The maximum atomic E-state index is 12.9. The van der Waals surface area contributed by atoms with Gasteiger partial charge in [0, 0.05) is 27.4 Å². The third kappa shape index (κ3) is 7.56. The average molecular weight is 361 g/mol. The highest BCUT2D eigenvalue weighted by molar-refractivity contribution is 8.31. The van der Waals surface area contributed by atoms with E-state index in [1.54, 1.807) is 0 Å². The molecule has 0 aliphatic carbocycles. The van der Waals surface area contributed by atoms with Crippen LogP contribution >= 0.6 is 33.0 Å². The molecule has 0 aliphatic rings. The van der Waals surface area contributed by atoms with Gasteiger partial charge in [-0.3, -0.25) is 0 Å². The lowest BCUT2D eigenvalue weighted by Gasteiger charge is -2.00. The molecule has 0 fully saturated rings. The number of halogens is 7. The molecular formula is C8H4Cl3F4NO2S. The predicted octanol–water partition coefficient (Wildman–Crippen LogP) is 4.24. The van der Waals surface area contributed by atoms with Gasteiger partial charge < -0.3 is 0 Å². The second-order valence-electron chi connectivity index (χ2n) is 2.81. The fourth-order valence-corrected chi connectivity index (χ4v) is 0.899. The lowest BCUT2D eigenvalue weighted by atomic mass is 10.2. The van der Waals surface area contributed by atoms with Gasteiger partial charge in [-0.2, -0.15) is 8.42 Å². The minimum absolute atomic E-state index is 0.116. The summed E-state index contributed by atoms with van der Waals surface area (Å²) in [7, 11) is 4.81. The molecular weight excluding hydrogens is 357 g/mol. The van der Waals surface area contributed by atoms with E-state index in [0.29, 0.717) is 6.07 Å². The molecule has 0 atom stereocenters. The first-order chi connectivity index (χ1) is 8.43. The Morgan fingerprint density at radius 3 is 1.89 bits per heavy atom. The van der Waals surface area contributed by atoms with Crippen LogP contribution in [0.5, 0.6) is 0 Å². The molecule has 0 aromatic heterocycles. The molecule has 3 nitrogen and oxygen atoms in total. The Bertz CT molecular complexity index is 595. The molecule has 0 amide bonds. The molecule has 0 bridgehead atoms. The topological polar surface area (TPSA) is 46.5 Å². The normalized spacial score (nSPS) is 11.9. The fourth-order valence-electron chi connectivity index (χ4n) is 0.808. The van der Waals surface area contributed by atoms with Crippen LogP contribution < -0.4 is 0 Å². The number of nitrogens with zero attached hydrogens (tertiary/aromatic N) is 1. The van der Waals surface area contributed by atoms with Gasteiger partial charge in [-0.05, 0) is 6.92 Å². The van der Waals surface area contributed by atoms with Crippen molar-refractivity contribution in [2.24, 2.45) is 4.99 Å². The highest BCUT2D eigenvalue weighted by Crippen LogP contribution is 2.25. The average Bonchev–Trinajstić information content (AvgIpc) is 2.20. The summed E-state index contributed by atoms with van der Waals surface area (Å²) in [6, 6.07) is 0.430. The summed E-state index contributed by atoms with van der Waals surface area (Å²) in [6.07, 6.45) is 0. The third-order valence-electron chi connectivity index (χ3n) is 1.36. The van der Waals surface area contributed by atoms with E-state index in [1.165, 1.54) is 6.92 Å². The zero-order valence-electron chi connectivity index (χ0n) is 8.90. The van der Waals surface area contributed by atoms with Crippen LogP contribution in [0.3, 0.4) is 0 Å². The largest absolute Gasteiger partial charge is 0.317 e. The van der Waals surface area contributed by atoms with E-state index in [1.807, 2.05) is 0 Å². The van der Waals surface area contributed by atoms with E-state index in [0.717, 1.165) is 0 Å². The van der Waals surface area contributed by atoms with E-state index in [-0.39, 0.29) is 5.17 Å². The maximum absolute atomic E-state index is 12.9. The first-order valence-electron chi connectivity index (χ1n) is 4.11. The van der Waals surface area contributed by atoms with Crippen molar-refractivity contribution in [3.63, 3.8) is 0 Å². The van der Waals surface area contributed by atoms with Crippen LogP contribution in [-0.2, 0) is 8.26 Å². The SMILES string of the molecule is C/C(Cl)=N\c1cc(F)c(F)c(F)c1F.O=S(=O)(Cl)Cl. The summed E-state index contributed by atoms with van der Waals surface area (Å²) in [6.45, 7) is 1.29. The second kappa shape index (κ2) is 7.28. The molecule has 0 unspecified atom stereocenters. The predicted molar refractivity (Wildman–Crippen MR) is 65.5 cm³/mol. The zero-order valence-corrected chi connectivity index (χ0v) is 12.0. The van der Waals surface area contributed by atoms with E-state index in [4.69, 9.17) is 20.0 Å². The molecule has 19 heavy (non-hydrogen) atoms. The Hall–Kier alpha value is -0.570. The molecule has 0 saturated carbocycles. The van der Waals surface area contributed by atoms with Crippen molar-refractivity contribution >= 4 is 52.1 Å². The van der Waals surface area contributed by atoms with Crippen LogP contribution in [0.4, 0.5) is 23.2 Å². The van der Waals surface area contributed by atoms with Gasteiger partial charge in [0.05, 0.1) is 0 Å². The van der Waals surface area contributed by atoms with Crippen molar-refractivity contribution in [3.05, 3.63) is 29.3 Å². The number of hydrogen-bond donors (Lipinski definition) is 0. The Morgan fingerprint density at radius 1 is 1.11 bits per heavy atom. The Kier molecular flexibility index (Phi) is 7.06. The quantitative estimate of drug-likeness (QED) is 0.247. The highest BCUT2D eigenvalue weighted by Gasteiger charge is 2.18. The number of rotatable bonds is 1. The van der Waals surface area contributed by atoms with Crippen molar-refractivity contribution in [1.82, 2.24) is 0 Å². The minimum Gasteiger partial charge on any atom is -0.238 e. The van der Waals surface area contributed by atoms with Gasteiger partial charge in [-0.25, -0.2) is 22.6 Å². The van der Waals surface area contributed by atoms with Crippen molar-refractivity contribution < 1.29 is 26.0 Å². The lowest BCUT2D eigenvalue weighted by Crippen LogP contribution is -1.95. The van der Waals surface area contributed by atoms with Gasteiger partial charge in [0.2, 0.25) is 0 Å². The summed E-state index contributed by atoms with van der Waals surface area (Å²) >= 11 is 5.27. The zero-order chi connectivity index (χ0) is 15.4. The van der Waals surface area contributed by atoms with Crippen LogP contribution in [0.25, 0.3) is 0 Å². The molecule has 1 aromatic rings. The maximum Gasteiger partial charge on any atom is 0.317 e. The van der Waals surface area contributed by atoms with Gasteiger partial charge >= 0.3 is 8.26 Å². The summed E-state index contributed by atoms with van der Waals surface area (Å²) < 4.78 is 68.8. The lowest BCUT2D eigenvalue weighted by molar-refractivity contribution is 0.410. The van der Waals surface area contributed by atoms with Gasteiger partial charge in [-0.1, -0.05) is 11.6 Å². The van der Waals surface area contributed by atoms with E-state index in [2.05, 4.69) is 26.4 Å². The summed E-state index contributed by atoms with van der Waals surface area (Å²) in [5, 5.41) is -0.116. The van der Waals surface area contributed by atoms with E-state index >= 15 is 0 Å². The molecule has 11 heteroatoms. The smallest absolute Gasteiger partial charge is 0.238 e. The van der Waals surface area contributed by atoms with Gasteiger partial charge in [0.25, 0.3) is 0 Å². The molecule has 1 aromatic carbocycles. The Morgan fingerprint density at radius 2 is 1.53 bits per heavy atom. The van der Waals surface area contributed by atoms with Crippen molar-refractivity contribution in [2.75, 3.05) is 0 Å². The van der Waals surface area contributed by atoms with E-state index < -0.39 is 37.2 Å². The standard InChI is InChI=1S/C8H4ClF4N.Cl2O2S/c1-3(9)14-5-2-4(10)6(11)8(13)7(5)12;1-5(2,3)4/h2H,1H3;/b14-3+;. The van der Waals surface area contributed by atoms with Gasteiger partial charge in [0.1, 0.15) is 10.9 Å². The molecule has 0 aliphatic heterocycles. The van der Waals surface area contributed by atoms with Gasteiger partial charge in [0.15, 0.2) is 23.3 Å². The molecule has 0 N–H and O–H groups in total. The van der Waals surface area contributed by atoms with Crippen LogP contribution in [0.15, 0.2) is 11.1 Å². The second-order valence-corrected chi connectivity index (χ2v) is 7.02. The van der Waals surface area contributed by atoms with Crippen LogP contribution in [-0.4, -0.2) is 13.6 Å². The highest BCUT2D eigenvalue weighted by atomic mass is 36.0. The monoisotopic (exact) mass is 359 g/mol. The number of aliphatic imine (C=N–C) groups is 1. The molecule has 0 heterocycles. The van der Waals surface area contributed by atoms with Crippen molar-refractivity contribution in [2.45, 2.75) is 6.92 Å². The molecule has 0 radical (unpaired) electrons. The van der Waals surface area contributed by atoms with E-state index in [9.17, 15) is 17.6 Å². The summed E-state index contributed by atoms with van der Waals surface area (Å²) in [5.41, 5.74) is -0.672. The summed E-state index contributed by atoms with van der Waals surface area (Å²) in [4.78, 5) is 3.28. The van der Waals surface area contributed by atoms with Crippen LogP contribution in [0.2, 0.25) is 0 Å². The number of hydrogen-bond acceptors (Lipinski definition) is 3. The van der Waals surface area contributed by atoms with Crippen molar-refractivity contribution in [3.8, 4) is 0 Å². The Balaban J connectivity index is 0.000000555. The molecule has 0 spiro atoms. The molecule has 0 saturated heterocycles. The third-order valence-corrected chi connectivity index (χ3v) is 1.44. The van der Waals surface area contributed by atoms with Crippen LogP contribution in [0.1, 0.15) is 6.92 Å². The Labute approximate surface area is 119 Å². The summed E-state index contributed by atoms with van der Waals surface area (Å²) in [5.74, 6) is -6.85. The molecule has 1 rings (SSSR count). The fraction of sp³-hybridized carbons (Fsp3) is 0.125. The van der Waals surface area contributed by atoms with Gasteiger partial charge in [-0.15, -0.1) is 0 Å².